The van der Waals surface area contributed by atoms with Crippen LogP contribution in [0, 0.1) is 12.7 Å². The maximum atomic E-state index is 13.5. The van der Waals surface area contributed by atoms with E-state index in [2.05, 4.69) is 9.97 Å². The van der Waals surface area contributed by atoms with Gasteiger partial charge in [-0.1, -0.05) is 0 Å². The summed E-state index contributed by atoms with van der Waals surface area (Å²) in [6.45, 7) is 1.84. The number of fused-ring (bicyclic) bond motifs is 1. The predicted octanol–water partition coefficient (Wildman–Crippen LogP) is 3.20. The van der Waals surface area contributed by atoms with Crippen molar-refractivity contribution in [3.8, 4) is 17.1 Å². The quantitative estimate of drug-likeness (QED) is 0.788. The van der Waals surface area contributed by atoms with E-state index < -0.39 is 6.09 Å². The van der Waals surface area contributed by atoms with Crippen molar-refractivity contribution in [2.24, 2.45) is 5.73 Å². The number of pyridine rings is 2. The maximum absolute atomic E-state index is 13.5. The zero-order valence-corrected chi connectivity index (χ0v) is 11.7. The van der Waals surface area contributed by atoms with Gasteiger partial charge in [-0.2, -0.15) is 0 Å². The van der Waals surface area contributed by atoms with E-state index in [1.54, 1.807) is 24.4 Å². The van der Waals surface area contributed by atoms with Crippen LogP contribution < -0.4 is 10.5 Å². The first-order valence-electron chi connectivity index (χ1n) is 6.53. The third kappa shape index (κ3) is 2.71. The summed E-state index contributed by atoms with van der Waals surface area (Å²) in [5.41, 5.74) is 7.75. The average molecular weight is 297 g/mol. The third-order valence-corrected chi connectivity index (χ3v) is 3.13. The SMILES string of the molecule is Cc1cc(OC(N)=O)nc(-c2ccnc3ccc(F)cc23)c1. The van der Waals surface area contributed by atoms with Gasteiger partial charge in [0.2, 0.25) is 5.88 Å². The molecule has 0 atom stereocenters. The minimum atomic E-state index is -0.935. The number of halogens is 1. The van der Waals surface area contributed by atoms with Gasteiger partial charge in [-0.25, -0.2) is 14.2 Å². The second kappa shape index (κ2) is 5.40. The second-order valence-electron chi connectivity index (χ2n) is 4.81. The summed E-state index contributed by atoms with van der Waals surface area (Å²) in [5.74, 6) is -0.258. The maximum Gasteiger partial charge on any atom is 0.411 e. The van der Waals surface area contributed by atoms with Crippen LogP contribution >= 0.6 is 0 Å². The lowest BCUT2D eigenvalue weighted by Crippen LogP contribution is -2.17. The topological polar surface area (TPSA) is 78.1 Å². The highest BCUT2D eigenvalue weighted by Gasteiger charge is 2.10. The van der Waals surface area contributed by atoms with Crippen molar-refractivity contribution in [2.75, 3.05) is 0 Å². The number of ether oxygens (including phenoxy) is 1. The molecule has 0 saturated carbocycles. The number of carbonyl (C=O) groups is 1. The number of carbonyl (C=O) groups excluding carboxylic acids is 1. The van der Waals surface area contributed by atoms with Crippen LogP contribution in [0.5, 0.6) is 5.88 Å². The number of nitrogens with zero attached hydrogens (tertiary/aromatic N) is 2. The first-order chi connectivity index (χ1) is 10.5. The van der Waals surface area contributed by atoms with Gasteiger partial charge in [0.05, 0.1) is 11.2 Å². The molecule has 3 aromatic rings. The van der Waals surface area contributed by atoms with Gasteiger partial charge in [-0.05, 0) is 42.8 Å². The molecule has 2 N–H and O–H groups in total. The molecule has 1 aromatic carbocycles. The molecule has 0 aliphatic rings. The Morgan fingerprint density at radius 3 is 2.82 bits per heavy atom. The second-order valence-corrected chi connectivity index (χ2v) is 4.81. The fourth-order valence-electron chi connectivity index (χ4n) is 2.27. The zero-order chi connectivity index (χ0) is 15.7. The van der Waals surface area contributed by atoms with Crippen molar-refractivity contribution in [2.45, 2.75) is 6.92 Å². The molecule has 1 amide bonds. The Kier molecular flexibility index (Phi) is 3.42. The number of hydrogen-bond acceptors (Lipinski definition) is 4. The average Bonchev–Trinajstić information content (AvgIpc) is 2.45. The van der Waals surface area contributed by atoms with Crippen molar-refractivity contribution in [1.82, 2.24) is 9.97 Å². The Balaban J connectivity index is 2.21. The first-order valence-corrected chi connectivity index (χ1v) is 6.53. The predicted molar refractivity (Wildman–Crippen MR) is 79.9 cm³/mol. The highest BCUT2D eigenvalue weighted by Crippen LogP contribution is 2.28. The zero-order valence-electron chi connectivity index (χ0n) is 11.7. The molecule has 110 valence electrons. The molecule has 0 unspecified atom stereocenters. The van der Waals surface area contributed by atoms with E-state index in [0.29, 0.717) is 22.2 Å². The van der Waals surface area contributed by atoms with Gasteiger partial charge in [0, 0.05) is 23.2 Å². The molecule has 0 aliphatic carbocycles. The van der Waals surface area contributed by atoms with E-state index in [1.165, 1.54) is 12.1 Å². The lowest BCUT2D eigenvalue weighted by atomic mass is 10.0. The number of aryl methyl sites for hydroxylation is 1. The van der Waals surface area contributed by atoms with Crippen LogP contribution in [0.15, 0.2) is 42.6 Å². The molecule has 5 nitrogen and oxygen atoms in total. The van der Waals surface area contributed by atoms with Crippen LogP contribution in [-0.2, 0) is 0 Å². The third-order valence-electron chi connectivity index (χ3n) is 3.13. The first kappa shape index (κ1) is 13.9. The Bertz CT molecular complexity index is 880. The highest BCUT2D eigenvalue weighted by atomic mass is 19.1. The van der Waals surface area contributed by atoms with Crippen molar-refractivity contribution in [1.29, 1.82) is 0 Å². The van der Waals surface area contributed by atoms with Crippen LogP contribution in [-0.4, -0.2) is 16.1 Å². The van der Waals surface area contributed by atoms with E-state index in [9.17, 15) is 9.18 Å². The fourth-order valence-corrected chi connectivity index (χ4v) is 2.27. The largest absolute Gasteiger partial charge is 0.411 e. The van der Waals surface area contributed by atoms with Crippen LogP contribution in [0.4, 0.5) is 9.18 Å². The molecular formula is C16H12FN3O2. The minimum Gasteiger partial charge on any atom is -0.391 e. The number of primary amides is 1. The lowest BCUT2D eigenvalue weighted by Gasteiger charge is -2.09. The molecule has 22 heavy (non-hydrogen) atoms. The van der Waals surface area contributed by atoms with Gasteiger partial charge in [0.15, 0.2) is 0 Å². The number of rotatable bonds is 2. The van der Waals surface area contributed by atoms with Gasteiger partial charge in [-0.15, -0.1) is 0 Å². The van der Waals surface area contributed by atoms with E-state index in [0.717, 1.165) is 5.56 Å². The van der Waals surface area contributed by atoms with E-state index in [1.807, 2.05) is 13.0 Å². The number of benzene rings is 1. The molecular weight excluding hydrogens is 285 g/mol. The molecule has 0 aliphatic heterocycles. The molecule has 2 heterocycles. The summed E-state index contributed by atoms with van der Waals surface area (Å²) >= 11 is 0. The summed E-state index contributed by atoms with van der Waals surface area (Å²) in [6.07, 6.45) is 0.684. The lowest BCUT2D eigenvalue weighted by molar-refractivity contribution is 0.209. The number of amides is 1. The molecule has 0 bridgehead atoms. The van der Waals surface area contributed by atoms with E-state index >= 15 is 0 Å². The summed E-state index contributed by atoms with van der Waals surface area (Å²) in [5, 5.41) is 0.630. The minimum absolute atomic E-state index is 0.101. The summed E-state index contributed by atoms with van der Waals surface area (Å²) in [7, 11) is 0. The molecule has 0 saturated heterocycles. The standard InChI is InChI=1S/C16H12FN3O2/c1-9-6-14(20-15(7-9)22-16(18)21)11-4-5-19-13-3-2-10(17)8-12(11)13/h2-8H,1H3,(H2,18,21). The number of hydrogen-bond donors (Lipinski definition) is 1. The molecule has 3 rings (SSSR count). The molecule has 6 heteroatoms. The molecule has 0 spiro atoms. The van der Waals surface area contributed by atoms with Crippen LogP contribution in [0.2, 0.25) is 0 Å². The van der Waals surface area contributed by atoms with Crippen molar-refractivity contribution >= 4 is 17.0 Å². The molecule has 0 radical (unpaired) electrons. The number of nitrogens with two attached hydrogens (primary N) is 1. The van der Waals surface area contributed by atoms with Crippen LogP contribution in [0.1, 0.15) is 5.56 Å². The van der Waals surface area contributed by atoms with Crippen LogP contribution in [0.25, 0.3) is 22.2 Å². The Morgan fingerprint density at radius 2 is 2.05 bits per heavy atom. The fraction of sp³-hybridized carbons (Fsp3) is 0.0625. The highest BCUT2D eigenvalue weighted by molar-refractivity contribution is 5.93. The summed E-state index contributed by atoms with van der Waals surface area (Å²) in [6, 6.07) is 9.49. The van der Waals surface area contributed by atoms with Gasteiger partial charge in [-0.3, -0.25) is 4.98 Å². The van der Waals surface area contributed by atoms with Gasteiger partial charge < -0.3 is 10.5 Å². The Hall–Kier alpha value is -3.02. The number of aromatic nitrogens is 2. The Morgan fingerprint density at radius 1 is 1.23 bits per heavy atom. The molecule has 2 aromatic heterocycles. The summed E-state index contributed by atoms with van der Waals surface area (Å²) in [4.78, 5) is 19.3. The van der Waals surface area contributed by atoms with Gasteiger partial charge >= 0.3 is 6.09 Å². The molecule has 0 fully saturated rings. The van der Waals surface area contributed by atoms with Crippen molar-refractivity contribution < 1.29 is 13.9 Å². The summed E-state index contributed by atoms with van der Waals surface area (Å²) < 4.78 is 18.4. The van der Waals surface area contributed by atoms with Gasteiger partial charge in [0.25, 0.3) is 0 Å². The van der Waals surface area contributed by atoms with Crippen molar-refractivity contribution in [3.63, 3.8) is 0 Å². The van der Waals surface area contributed by atoms with Crippen molar-refractivity contribution in [3.05, 3.63) is 54.0 Å². The van der Waals surface area contributed by atoms with Crippen LogP contribution in [0.3, 0.4) is 0 Å². The van der Waals surface area contributed by atoms with Gasteiger partial charge in [0.1, 0.15) is 5.82 Å². The Labute approximate surface area is 125 Å². The van der Waals surface area contributed by atoms with E-state index in [-0.39, 0.29) is 11.7 Å². The van der Waals surface area contributed by atoms with E-state index in [4.69, 9.17) is 10.5 Å². The smallest absolute Gasteiger partial charge is 0.391 e. The normalized spacial score (nSPS) is 10.6. The monoisotopic (exact) mass is 297 g/mol.